The fourth-order valence-corrected chi connectivity index (χ4v) is 3.01. The van der Waals surface area contributed by atoms with E-state index in [1.165, 1.54) is 6.07 Å². The normalized spacial score (nSPS) is 24.2. The topological polar surface area (TPSA) is 75.7 Å². The number of nitrogens with zero attached hydrogens (tertiary/aromatic N) is 1. The molecule has 1 atom stereocenters. The Labute approximate surface area is 136 Å². The number of urea groups is 1. The first-order valence-corrected chi connectivity index (χ1v) is 7.39. The fourth-order valence-electron chi connectivity index (χ4n) is 2.60. The van der Waals surface area contributed by atoms with Crippen LogP contribution < -0.4 is 5.32 Å². The molecule has 22 heavy (non-hydrogen) atoms. The molecule has 8 heteroatoms. The monoisotopic (exact) mass is 342 g/mol. The molecule has 2 heterocycles. The standard InChI is InChI=1S/C14H12Cl2N2O4/c15-9-3-1-2-8(11(9)16)10(19)6-18-12(20)14(17-13(18)21)4-5-22-7-14/h1-3H,4-7H2,(H,17,21)/t14-/m0/s1. The van der Waals surface area contributed by atoms with E-state index in [4.69, 9.17) is 27.9 Å². The van der Waals surface area contributed by atoms with E-state index in [9.17, 15) is 14.4 Å². The van der Waals surface area contributed by atoms with Gasteiger partial charge < -0.3 is 10.1 Å². The minimum atomic E-state index is -1.03. The lowest BCUT2D eigenvalue weighted by atomic mass is 9.99. The van der Waals surface area contributed by atoms with Crippen molar-refractivity contribution in [1.82, 2.24) is 10.2 Å². The maximum absolute atomic E-state index is 12.4. The molecule has 3 amide bonds. The van der Waals surface area contributed by atoms with E-state index >= 15 is 0 Å². The number of ether oxygens (including phenoxy) is 1. The fraction of sp³-hybridized carbons (Fsp3) is 0.357. The third kappa shape index (κ3) is 2.37. The van der Waals surface area contributed by atoms with Crippen molar-refractivity contribution in [2.75, 3.05) is 19.8 Å². The lowest BCUT2D eigenvalue weighted by Crippen LogP contribution is -2.47. The van der Waals surface area contributed by atoms with Crippen LogP contribution in [0.25, 0.3) is 0 Å². The minimum Gasteiger partial charge on any atom is -0.378 e. The number of imide groups is 1. The molecule has 0 saturated carbocycles. The van der Waals surface area contributed by atoms with Crippen LogP contribution in [-0.2, 0) is 9.53 Å². The van der Waals surface area contributed by atoms with Gasteiger partial charge in [-0.2, -0.15) is 0 Å². The zero-order valence-corrected chi connectivity index (χ0v) is 12.9. The molecule has 1 aromatic rings. The maximum atomic E-state index is 12.4. The molecule has 0 unspecified atom stereocenters. The van der Waals surface area contributed by atoms with Crippen LogP contribution in [0, 0.1) is 0 Å². The quantitative estimate of drug-likeness (QED) is 0.672. The molecule has 6 nitrogen and oxygen atoms in total. The van der Waals surface area contributed by atoms with Crippen LogP contribution in [0.5, 0.6) is 0 Å². The van der Waals surface area contributed by atoms with Gasteiger partial charge in [0.25, 0.3) is 5.91 Å². The van der Waals surface area contributed by atoms with Crippen LogP contribution in [0.3, 0.4) is 0 Å². The molecule has 2 saturated heterocycles. The molecular formula is C14H12Cl2N2O4. The number of carbonyl (C=O) groups is 3. The lowest BCUT2D eigenvalue weighted by Gasteiger charge is -2.18. The molecule has 0 radical (unpaired) electrons. The van der Waals surface area contributed by atoms with E-state index in [2.05, 4.69) is 5.32 Å². The summed E-state index contributed by atoms with van der Waals surface area (Å²) in [4.78, 5) is 37.6. The van der Waals surface area contributed by atoms with Gasteiger partial charge in [0.2, 0.25) is 0 Å². The Kier molecular flexibility index (Phi) is 3.84. The summed E-state index contributed by atoms with van der Waals surface area (Å²) in [5.41, 5.74) is -0.853. The van der Waals surface area contributed by atoms with Gasteiger partial charge in [0.1, 0.15) is 5.54 Å². The number of carbonyl (C=O) groups excluding carboxylic acids is 3. The van der Waals surface area contributed by atoms with Crippen molar-refractivity contribution in [2.24, 2.45) is 0 Å². The van der Waals surface area contributed by atoms with Gasteiger partial charge in [0.05, 0.1) is 23.2 Å². The maximum Gasteiger partial charge on any atom is 0.325 e. The van der Waals surface area contributed by atoms with Crippen LogP contribution >= 0.6 is 23.2 Å². The van der Waals surface area contributed by atoms with Gasteiger partial charge in [0.15, 0.2) is 5.78 Å². The third-order valence-electron chi connectivity index (χ3n) is 3.82. The second-order valence-corrected chi connectivity index (χ2v) is 6.02. The number of hydrogen-bond acceptors (Lipinski definition) is 4. The summed E-state index contributed by atoms with van der Waals surface area (Å²) < 4.78 is 5.19. The van der Waals surface area contributed by atoms with E-state index in [1.807, 2.05) is 0 Å². The molecule has 1 N–H and O–H groups in total. The molecule has 1 spiro atoms. The predicted molar refractivity (Wildman–Crippen MR) is 79.2 cm³/mol. The number of halogens is 2. The number of nitrogens with one attached hydrogen (secondary N) is 1. The number of rotatable bonds is 3. The number of benzene rings is 1. The Morgan fingerprint density at radius 2 is 2.14 bits per heavy atom. The first-order chi connectivity index (χ1) is 10.4. The average molecular weight is 343 g/mol. The smallest absolute Gasteiger partial charge is 0.325 e. The zero-order valence-electron chi connectivity index (χ0n) is 11.4. The summed E-state index contributed by atoms with van der Waals surface area (Å²) in [6.07, 6.45) is 0.403. The van der Waals surface area contributed by atoms with Crippen LogP contribution in [-0.4, -0.2) is 47.9 Å². The van der Waals surface area contributed by atoms with E-state index in [-0.39, 0.29) is 28.8 Å². The van der Waals surface area contributed by atoms with Crippen LogP contribution in [0.15, 0.2) is 18.2 Å². The van der Waals surface area contributed by atoms with E-state index < -0.39 is 23.3 Å². The SMILES string of the molecule is O=C(CN1C(=O)N[C@]2(CCOC2)C1=O)c1cccc(Cl)c1Cl. The Morgan fingerprint density at radius 3 is 2.82 bits per heavy atom. The molecule has 0 bridgehead atoms. The molecule has 2 fully saturated rings. The molecular weight excluding hydrogens is 331 g/mol. The summed E-state index contributed by atoms with van der Waals surface area (Å²) in [7, 11) is 0. The van der Waals surface area contributed by atoms with Crippen LogP contribution in [0.2, 0.25) is 10.0 Å². The van der Waals surface area contributed by atoms with E-state index in [0.29, 0.717) is 13.0 Å². The van der Waals surface area contributed by atoms with Crippen molar-refractivity contribution in [2.45, 2.75) is 12.0 Å². The van der Waals surface area contributed by atoms with E-state index in [1.54, 1.807) is 12.1 Å². The lowest BCUT2D eigenvalue weighted by molar-refractivity contribution is -0.131. The second-order valence-electron chi connectivity index (χ2n) is 5.23. The van der Waals surface area contributed by atoms with Crippen molar-refractivity contribution < 1.29 is 19.1 Å². The number of amides is 3. The van der Waals surface area contributed by atoms with Crippen LogP contribution in [0.4, 0.5) is 4.79 Å². The average Bonchev–Trinajstić information content (AvgIpc) is 3.03. The molecule has 1 aromatic carbocycles. The molecule has 0 aromatic heterocycles. The van der Waals surface area contributed by atoms with Crippen molar-refractivity contribution in [3.05, 3.63) is 33.8 Å². The first kappa shape index (κ1) is 15.3. The Bertz CT molecular complexity index is 671. The number of hydrogen-bond donors (Lipinski definition) is 1. The van der Waals surface area contributed by atoms with Gasteiger partial charge in [-0.1, -0.05) is 29.3 Å². The van der Waals surface area contributed by atoms with Gasteiger partial charge in [-0.05, 0) is 12.1 Å². The van der Waals surface area contributed by atoms with Gasteiger partial charge >= 0.3 is 6.03 Å². The minimum absolute atomic E-state index is 0.111. The number of ketones is 1. The summed E-state index contributed by atoms with van der Waals surface area (Å²) >= 11 is 11.9. The Hall–Kier alpha value is -1.63. The number of Topliss-reactive ketones (excluding diaryl/α,β-unsaturated/α-hetero) is 1. The molecule has 116 valence electrons. The second kappa shape index (κ2) is 5.53. The Morgan fingerprint density at radius 1 is 1.36 bits per heavy atom. The van der Waals surface area contributed by atoms with Gasteiger partial charge in [-0.15, -0.1) is 0 Å². The largest absolute Gasteiger partial charge is 0.378 e. The summed E-state index contributed by atoms with van der Waals surface area (Å²) in [5.74, 6) is -0.895. The van der Waals surface area contributed by atoms with E-state index in [0.717, 1.165) is 4.90 Å². The first-order valence-electron chi connectivity index (χ1n) is 6.64. The highest BCUT2D eigenvalue weighted by Gasteiger charge is 2.53. The van der Waals surface area contributed by atoms with Crippen LogP contribution in [0.1, 0.15) is 16.8 Å². The summed E-state index contributed by atoms with van der Waals surface area (Å²) in [6.45, 7) is 0.139. The highest BCUT2D eigenvalue weighted by Crippen LogP contribution is 2.29. The van der Waals surface area contributed by atoms with Gasteiger partial charge in [0, 0.05) is 18.6 Å². The summed E-state index contributed by atoms with van der Waals surface area (Å²) in [5, 5.41) is 2.97. The molecule has 0 aliphatic carbocycles. The molecule has 2 aliphatic rings. The van der Waals surface area contributed by atoms with Gasteiger partial charge in [-0.25, -0.2) is 4.79 Å². The van der Waals surface area contributed by atoms with Crippen molar-refractivity contribution in [3.63, 3.8) is 0 Å². The predicted octanol–water partition coefficient (Wildman–Crippen LogP) is 1.89. The van der Waals surface area contributed by atoms with Crippen molar-refractivity contribution in [1.29, 1.82) is 0 Å². The highest BCUT2D eigenvalue weighted by atomic mass is 35.5. The van der Waals surface area contributed by atoms with Crippen molar-refractivity contribution >= 4 is 40.9 Å². The summed E-state index contributed by atoms with van der Waals surface area (Å²) in [6, 6.07) is 4.05. The third-order valence-corrected chi connectivity index (χ3v) is 4.64. The van der Waals surface area contributed by atoms with Crippen molar-refractivity contribution in [3.8, 4) is 0 Å². The Balaban J connectivity index is 1.81. The highest BCUT2D eigenvalue weighted by molar-refractivity contribution is 6.44. The van der Waals surface area contributed by atoms with Gasteiger partial charge in [-0.3, -0.25) is 14.5 Å². The zero-order chi connectivity index (χ0) is 15.9. The molecule has 3 rings (SSSR count). The molecule has 2 aliphatic heterocycles.